The fourth-order valence-corrected chi connectivity index (χ4v) is 3.85. The first kappa shape index (κ1) is 18.5. The molecular formula is C19H19F2N3OS. The smallest absolute Gasteiger partial charge is 0.136 e. The molecule has 3 aromatic rings. The van der Waals surface area contributed by atoms with E-state index < -0.39 is 11.6 Å². The van der Waals surface area contributed by atoms with Crippen LogP contribution in [-0.2, 0) is 13.2 Å². The first-order chi connectivity index (χ1) is 12.5. The third-order valence-electron chi connectivity index (χ3n) is 3.81. The quantitative estimate of drug-likeness (QED) is 0.695. The van der Waals surface area contributed by atoms with Crippen LogP contribution in [0, 0.1) is 11.6 Å². The van der Waals surface area contributed by atoms with E-state index >= 15 is 0 Å². The van der Waals surface area contributed by atoms with E-state index in [1.807, 2.05) is 36.6 Å². The van der Waals surface area contributed by atoms with Crippen LogP contribution in [0.15, 0.2) is 52.5 Å². The summed E-state index contributed by atoms with van der Waals surface area (Å²) in [7, 11) is 0. The summed E-state index contributed by atoms with van der Waals surface area (Å²) in [6.07, 6.45) is 1.70. The summed E-state index contributed by atoms with van der Waals surface area (Å²) in [4.78, 5) is 9.30. The first-order valence-electron chi connectivity index (χ1n) is 8.22. The second-order valence-electron chi connectivity index (χ2n) is 6.15. The van der Waals surface area contributed by atoms with Crippen molar-refractivity contribution in [2.75, 3.05) is 0 Å². The summed E-state index contributed by atoms with van der Waals surface area (Å²) in [6, 6.07) is 9.01. The molecule has 0 spiro atoms. The molecule has 0 atom stereocenters. The van der Waals surface area contributed by atoms with Crippen molar-refractivity contribution in [3.05, 3.63) is 71.4 Å². The van der Waals surface area contributed by atoms with E-state index in [0.29, 0.717) is 17.3 Å². The van der Waals surface area contributed by atoms with Crippen LogP contribution < -0.4 is 0 Å². The number of halogens is 2. The summed E-state index contributed by atoms with van der Waals surface area (Å²) in [5.74, 6) is -0.668. The molecule has 0 saturated carbocycles. The molecule has 0 radical (unpaired) electrons. The highest BCUT2D eigenvalue weighted by Gasteiger charge is 2.21. The van der Waals surface area contributed by atoms with Gasteiger partial charge in [0.1, 0.15) is 29.1 Å². The lowest BCUT2D eigenvalue weighted by atomic mass is 10.1. The number of aromatic nitrogens is 3. The number of benzene rings is 1. The van der Waals surface area contributed by atoms with Gasteiger partial charge in [-0.1, -0.05) is 31.7 Å². The van der Waals surface area contributed by atoms with E-state index in [-0.39, 0.29) is 12.5 Å². The Morgan fingerprint density at radius 3 is 2.46 bits per heavy atom. The number of pyridine rings is 1. The van der Waals surface area contributed by atoms with Gasteiger partial charge >= 0.3 is 0 Å². The predicted molar refractivity (Wildman–Crippen MR) is 96.1 cm³/mol. The van der Waals surface area contributed by atoms with Crippen molar-refractivity contribution in [2.45, 2.75) is 42.8 Å². The van der Waals surface area contributed by atoms with Crippen molar-refractivity contribution in [1.82, 2.24) is 14.5 Å². The van der Waals surface area contributed by atoms with Crippen LogP contribution in [-0.4, -0.2) is 19.6 Å². The van der Waals surface area contributed by atoms with E-state index in [2.05, 4.69) is 9.97 Å². The predicted octanol–water partition coefficient (Wildman–Crippen LogP) is 4.37. The van der Waals surface area contributed by atoms with Crippen LogP contribution >= 0.6 is 11.8 Å². The fraction of sp³-hybridized carbons (Fsp3) is 0.263. The third kappa shape index (κ3) is 4.11. The number of rotatable bonds is 6. The zero-order valence-corrected chi connectivity index (χ0v) is 15.3. The van der Waals surface area contributed by atoms with E-state index in [1.165, 1.54) is 23.9 Å². The molecule has 1 aromatic carbocycles. The maximum Gasteiger partial charge on any atom is 0.136 e. The lowest BCUT2D eigenvalue weighted by Crippen LogP contribution is -2.08. The lowest BCUT2D eigenvalue weighted by Gasteiger charge is -2.12. The number of hydrogen-bond acceptors (Lipinski definition) is 4. The van der Waals surface area contributed by atoms with E-state index in [1.54, 1.807) is 6.20 Å². The molecule has 7 heteroatoms. The molecule has 0 aliphatic carbocycles. The lowest BCUT2D eigenvalue weighted by molar-refractivity contribution is 0.264. The Balaban J connectivity index is 2.07. The number of imidazole rings is 1. The largest absolute Gasteiger partial charge is 0.388 e. The highest BCUT2D eigenvalue weighted by atomic mass is 32.2. The molecule has 2 heterocycles. The number of aliphatic hydroxyl groups excluding tert-OH is 1. The summed E-state index contributed by atoms with van der Waals surface area (Å²) >= 11 is 1.23. The number of nitrogens with zero attached hydrogens (tertiary/aromatic N) is 3. The van der Waals surface area contributed by atoms with Gasteiger partial charge in [0.15, 0.2) is 0 Å². The van der Waals surface area contributed by atoms with Gasteiger partial charge in [-0.25, -0.2) is 13.8 Å². The van der Waals surface area contributed by atoms with E-state index in [4.69, 9.17) is 0 Å². The van der Waals surface area contributed by atoms with Crippen molar-refractivity contribution < 1.29 is 13.9 Å². The minimum Gasteiger partial charge on any atom is -0.388 e. The van der Waals surface area contributed by atoms with E-state index in [0.717, 1.165) is 22.5 Å². The van der Waals surface area contributed by atoms with Gasteiger partial charge < -0.3 is 9.67 Å². The highest BCUT2D eigenvalue weighted by molar-refractivity contribution is 7.99. The molecule has 2 aromatic heterocycles. The monoisotopic (exact) mass is 375 g/mol. The standard InChI is InChI=1S/C19H19F2N3OS/c1-12(2)18-19(26-16-8-13(20)7-14(21)9-16)24(17(11-25)23-18)10-15-5-3-4-6-22-15/h3-9,12,25H,10-11H2,1-2H3. The maximum atomic E-state index is 13.6. The summed E-state index contributed by atoms with van der Waals surface area (Å²) in [6.45, 7) is 4.16. The molecule has 0 fully saturated rings. The number of aliphatic hydroxyl groups is 1. The Labute approximate surface area is 154 Å². The highest BCUT2D eigenvalue weighted by Crippen LogP contribution is 2.36. The minimum absolute atomic E-state index is 0.0891. The topological polar surface area (TPSA) is 50.9 Å². The second-order valence-corrected chi connectivity index (χ2v) is 7.21. The molecule has 136 valence electrons. The van der Waals surface area contributed by atoms with Crippen LogP contribution in [0.25, 0.3) is 0 Å². The van der Waals surface area contributed by atoms with Crippen LogP contribution in [0.4, 0.5) is 8.78 Å². The van der Waals surface area contributed by atoms with Crippen LogP contribution in [0.1, 0.15) is 37.0 Å². The molecule has 1 N–H and O–H groups in total. The molecule has 0 unspecified atom stereocenters. The zero-order valence-electron chi connectivity index (χ0n) is 14.5. The maximum absolute atomic E-state index is 13.6. The van der Waals surface area contributed by atoms with Gasteiger partial charge in [-0.15, -0.1) is 0 Å². The Bertz CT molecular complexity index is 877. The van der Waals surface area contributed by atoms with Gasteiger partial charge in [0.05, 0.1) is 17.9 Å². The van der Waals surface area contributed by atoms with Gasteiger partial charge in [0.2, 0.25) is 0 Å². The summed E-state index contributed by atoms with van der Waals surface area (Å²) in [5, 5.41) is 10.5. The fourth-order valence-electron chi connectivity index (χ4n) is 2.62. The second kappa shape index (κ2) is 7.97. The average Bonchev–Trinajstić information content (AvgIpc) is 2.93. The van der Waals surface area contributed by atoms with Gasteiger partial charge in [-0.2, -0.15) is 0 Å². The van der Waals surface area contributed by atoms with Crippen molar-refractivity contribution >= 4 is 11.8 Å². The molecule has 0 bridgehead atoms. The molecule has 0 aliphatic rings. The van der Waals surface area contributed by atoms with Crippen LogP contribution in [0.2, 0.25) is 0 Å². The average molecular weight is 375 g/mol. The third-order valence-corrected chi connectivity index (χ3v) is 4.90. The molecule has 4 nitrogen and oxygen atoms in total. The normalized spacial score (nSPS) is 11.3. The molecule has 0 amide bonds. The molecule has 0 saturated heterocycles. The molecule has 0 aliphatic heterocycles. The summed E-state index contributed by atoms with van der Waals surface area (Å²) in [5.41, 5.74) is 1.59. The van der Waals surface area contributed by atoms with Crippen LogP contribution in [0.3, 0.4) is 0 Å². The Hall–Kier alpha value is -2.25. The Morgan fingerprint density at radius 1 is 1.15 bits per heavy atom. The molecular weight excluding hydrogens is 356 g/mol. The van der Waals surface area contributed by atoms with Crippen LogP contribution in [0.5, 0.6) is 0 Å². The van der Waals surface area contributed by atoms with Gasteiger partial charge in [-0.3, -0.25) is 4.98 Å². The first-order valence-corrected chi connectivity index (χ1v) is 9.03. The molecule has 26 heavy (non-hydrogen) atoms. The zero-order chi connectivity index (χ0) is 18.7. The molecule has 3 rings (SSSR count). The number of hydrogen-bond donors (Lipinski definition) is 1. The van der Waals surface area contributed by atoms with Gasteiger partial charge in [-0.05, 0) is 30.2 Å². The SMILES string of the molecule is CC(C)c1nc(CO)n(Cc2ccccn2)c1Sc1cc(F)cc(F)c1. The Morgan fingerprint density at radius 2 is 1.88 bits per heavy atom. The van der Waals surface area contributed by atoms with Crippen molar-refractivity contribution in [1.29, 1.82) is 0 Å². The van der Waals surface area contributed by atoms with Crippen molar-refractivity contribution in [2.24, 2.45) is 0 Å². The van der Waals surface area contributed by atoms with E-state index in [9.17, 15) is 13.9 Å². The minimum atomic E-state index is -0.628. The van der Waals surface area contributed by atoms with Crippen molar-refractivity contribution in [3.63, 3.8) is 0 Å². The van der Waals surface area contributed by atoms with Gasteiger partial charge in [0.25, 0.3) is 0 Å². The van der Waals surface area contributed by atoms with Gasteiger partial charge in [0, 0.05) is 17.2 Å². The Kier molecular flexibility index (Phi) is 5.68. The van der Waals surface area contributed by atoms with Crippen molar-refractivity contribution in [3.8, 4) is 0 Å². The summed E-state index contributed by atoms with van der Waals surface area (Å²) < 4.78 is 29.0.